The standard InChI is InChI=1S/C39H64O4/c1-39(2,35-23-27-37(28-24-35)42-33-21-17-13-9-5-3-7-11-15-19-31-40)36-25-29-38(30-26-36)43-34-22-18-14-10-6-4-8-12-16-20-32-41/h23-30,40-41H,3-22,31-34H2,1-2H3. The number of benzene rings is 2. The monoisotopic (exact) mass is 596 g/mol. The molecule has 0 atom stereocenters. The van der Waals surface area contributed by atoms with Crippen LogP contribution in [-0.4, -0.2) is 36.6 Å². The van der Waals surface area contributed by atoms with Crippen molar-refractivity contribution in [3.05, 3.63) is 59.7 Å². The molecule has 2 N–H and O–H groups in total. The van der Waals surface area contributed by atoms with Gasteiger partial charge in [-0.2, -0.15) is 0 Å². The number of unbranched alkanes of at least 4 members (excludes halogenated alkanes) is 18. The van der Waals surface area contributed by atoms with Crippen LogP contribution in [0.2, 0.25) is 0 Å². The van der Waals surface area contributed by atoms with Crippen LogP contribution in [0.4, 0.5) is 0 Å². The minimum Gasteiger partial charge on any atom is -0.494 e. The van der Waals surface area contributed by atoms with Crippen molar-refractivity contribution in [1.29, 1.82) is 0 Å². The SMILES string of the molecule is CC(C)(c1ccc(OCCCCCCCCCCCCO)cc1)c1ccc(OCCCCCCCCCCCCO)cc1. The Labute approximate surface area is 264 Å². The van der Waals surface area contributed by atoms with E-state index in [0.717, 1.165) is 50.4 Å². The number of rotatable bonds is 28. The molecule has 43 heavy (non-hydrogen) atoms. The molecule has 0 aliphatic rings. The van der Waals surface area contributed by atoms with E-state index in [2.05, 4.69) is 62.4 Å². The van der Waals surface area contributed by atoms with Crippen molar-refractivity contribution in [2.45, 2.75) is 148 Å². The van der Waals surface area contributed by atoms with Crippen LogP contribution < -0.4 is 9.47 Å². The Morgan fingerprint density at radius 1 is 0.395 bits per heavy atom. The molecule has 0 aliphatic heterocycles. The number of aliphatic hydroxyl groups is 2. The molecule has 0 aliphatic carbocycles. The number of hydrogen-bond acceptors (Lipinski definition) is 4. The summed E-state index contributed by atoms with van der Waals surface area (Å²) in [4.78, 5) is 0. The predicted octanol–water partition coefficient (Wildman–Crippen LogP) is 10.6. The van der Waals surface area contributed by atoms with Gasteiger partial charge in [0.1, 0.15) is 11.5 Å². The van der Waals surface area contributed by atoms with E-state index in [4.69, 9.17) is 19.7 Å². The van der Waals surface area contributed by atoms with Gasteiger partial charge in [0.05, 0.1) is 13.2 Å². The summed E-state index contributed by atoms with van der Waals surface area (Å²) in [5, 5.41) is 17.6. The topological polar surface area (TPSA) is 58.9 Å². The maximum atomic E-state index is 8.82. The molecule has 0 radical (unpaired) electrons. The Balaban J connectivity index is 1.56. The van der Waals surface area contributed by atoms with Gasteiger partial charge in [0, 0.05) is 18.6 Å². The van der Waals surface area contributed by atoms with Crippen LogP contribution in [0, 0.1) is 0 Å². The largest absolute Gasteiger partial charge is 0.494 e. The lowest BCUT2D eigenvalue weighted by molar-refractivity contribution is 0.282. The van der Waals surface area contributed by atoms with Crippen molar-refractivity contribution in [1.82, 2.24) is 0 Å². The van der Waals surface area contributed by atoms with Gasteiger partial charge in [-0.15, -0.1) is 0 Å². The first kappa shape index (κ1) is 37.1. The Morgan fingerprint density at radius 2 is 0.651 bits per heavy atom. The molecule has 2 aromatic rings. The van der Waals surface area contributed by atoms with Gasteiger partial charge in [0.15, 0.2) is 0 Å². The molecular weight excluding hydrogens is 532 g/mol. The third kappa shape index (κ3) is 17.1. The molecule has 0 saturated carbocycles. The zero-order chi connectivity index (χ0) is 30.9. The van der Waals surface area contributed by atoms with Crippen LogP contribution in [0.3, 0.4) is 0 Å². The highest BCUT2D eigenvalue weighted by Crippen LogP contribution is 2.33. The summed E-state index contributed by atoms with van der Waals surface area (Å²) in [5.74, 6) is 1.92. The molecule has 0 saturated heterocycles. The number of aliphatic hydroxyl groups excluding tert-OH is 2. The van der Waals surface area contributed by atoms with Crippen LogP contribution in [0.5, 0.6) is 11.5 Å². The molecule has 0 spiro atoms. The van der Waals surface area contributed by atoms with Gasteiger partial charge in [0.2, 0.25) is 0 Å². The van der Waals surface area contributed by atoms with Crippen molar-refractivity contribution in [2.75, 3.05) is 26.4 Å². The van der Waals surface area contributed by atoms with Crippen LogP contribution in [0.25, 0.3) is 0 Å². The minimum atomic E-state index is -0.0886. The molecule has 0 unspecified atom stereocenters. The Morgan fingerprint density at radius 3 is 0.930 bits per heavy atom. The second-order valence-corrected chi connectivity index (χ2v) is 12.9. The highest BCUT2D eigenvalue weighted by molar-refractivity contribution is 5.41. The van der Waals surface area contributed by atoms with E-state index < -0.39 is 0 Å². The third-order valence-electron chi connectivity index (χ3n) is 8.79. The van der Waals surface area contributed by atoms with Crippen molar-refractivity contribution < 1.29 is 19.7 Å². The second kappa shape index (κ2) is 24.3. The van der Waals surface area contributed by atoms with E-state index in [1.165, 1.54) is 114 Å². The first-order valence-corrected chi connectivity index (χ1v) is 17.8. The zero-order valence-electron chi connectivity index (χ0n) is 27.8. The maximum absolute atomic E-state index is 8.82. The average Bonchev–Trinajstić information content (AvgIpc) is 3.02. The average molecular weight is 597 g/mol. The van der Waals surface area contributed by atoms with Gasteiger partial charge < -0.3 is 19.7 Å². The van der Waals surface area contributed by atoms with Crippen LogP contribution >= 0.6 is 0 Å². The van der Waals surface area contributed by atoms with E-state index in [1.807, 2.05) is 0 Å². The fourth-order valence-corrected chi connectivity index (χ4v) is 5.74. The molecule has 4 nitrogen and oxygen atoms in total. The van der Waals surface area contributed by atoms with Crippen molar-refractivity contribution >= 4 is 0 Å². The van der Waals surface area contributed by atoms with Gasteiger partial charge in [-0.1, -0.05) is 141 Å². The number of ether oxygens (including phenoxy) is 2. The third-order valence-corrected chi connectivity index (χ3v) is 8.79. The lowest BCUT2D eigenvalue weighted by Crippen LogP contribution is -2.18. The fourth-order valence-electron chi connectivity index (χ4n) is 5.74. The van der Waals surface area contributed by atoms with E-state index in [1.54, 1.807) is 0 Å². The summed E-state index contributed by atoms with van der Waals surface area (Å²) in [5.41, 5.74) is 2.49. The fraction of sp³-hybridized carbons (Fsp3) is 0.692. The van der Waals surface area contributed by atoms with Crippen LogP contribution in [0.15, 0.2) is 48.5 Å². The van der Waals surface area contributed by atoms with Gasteiger partial charge >= 0.3 is 0 Å². The van der Waals surface area contributed by atoms with Gasteiger partial charge in [-0.05, 0) is 61.1 Å². The molecule has 2 rings (SSSR count). The van der Waals surface area contributed by atoms with E-state index in [0.29, 0.717) is 13.2 Å². The van der Waals surface area contributed by atoms with Gasteiger partial charge in [0.25, 0.3) is 0 Å². The quantitative estimate of drug-likeness (QED) is 0.0959. The van der Waals surface area contributed by atoms with Crippen molar-refractivity contribution in [3.8, 4) is 11.5 Å². The molecule has 0 aromatic heterocycles. The normalized spacial score (nSPS) is 11.6. The molecule has 0 fully saturated rings. The van der Waals surface area contributed by atoms with Crippen LogP contribution in [0.1, 0.15) is 153 Å². The Hall–Kier alpha value is -2.04. The smallest absolute Gasteiger partial charge is 0.119 e. The minimum absolute atomic E-state index is 0.0886. The summed E-state index contributed by atoms with van der Waals surface area (Å²) in [6.07, 6.45) is 24.7. The zero-order valence-corrected chi connectivity index (χ0v) is 27.8. The maximum Gasteiger partial charge on any atom is 0.119 e. The predicted molar refractivity (Wildman–Crippen MR) is 183 cm³/mol. The first-order valence-electron chi connectivity index (χ1n) is 17.8. The highest BCUT2D eigenvalue weighted by Gasteiger charge is 2.23. The number of hydrogen-bond donors (Lipinski definition) is 2. The Kier molecular flexibility index (Phi) is 21.0. The van der Waals surface area contributed by atoms with E-state index >= 15 is 0 Å². The molecule has 4 heteroatoms. The van der Waals surface area contributed by atoms with E-state index in [9.17, 15) is 0 Å². The molecular formula is C39H64O4. The second-order valence-electron chi connectivity index (χ2n) is 12.9. The van der Waals surface area contributed by atoms with Crippen molar-refractivity contribution in [2.24, 2.45) is 0 Å². The lowest BCUT2D eigenvalue weighted by atomic mass is 9.78. The molecule has 0 bridgehead atoms. The summed E-state index contributed by atoms with van der Waals surface area (Å²) >= 11 is 0. The van der Waals surface area contributed by atoms with Gasteiger partial charge in [-0.25, -0.2) is 0 Å². The molecule has 2 aromatic carbocycles. The Bertz CT molecular complexity index is 817. The molecule has 0 heterocycles. The summed E-state index contributed by atoms with van der Waals surface area (Å²) in [7, 11) is 0. The van der Waals surface area contributed by atoms with Crippen LogP contribution in [-0.2, 0) is 5.41 Å². The van der Waals surface area contributed by atoms with Gasteiger partial charge in [-0.3, -0.25) is 0 Å². The highest BCUT2D eigenvalue weighted by atomic mass is 16.5. The summed E-state index contributed by atoms with van der Waals surface area (Å²) in [6, 6.07) is 17.3. The molecule has 0 amide bonds. The first-order chi connectivity index (χ1) is 21.1. The van der Waals surface area contributed by atoms with E-state index in [-0.39, 0.29) is 5.41 Å². The lowest BCUT2D eigenvalue weighted by Gasteiger charge is -2.26. The van der Waals surface area contributed by atoms with Crippen molar-refractivity contribution in [3.63, 3.8) is 0 Å². The summed E-state index contributed by atoms with van der Waals surface area (Å²) < 4.78 is 12.1. The summed E-state index contributed by atoms with van der Waals surface area (Å²) in [6.45, 7) is 6.82. The molecule has 244 valence electrons.